The highest BCUT2D eigenvalue weighted by Gasteiger charge is 2.14. The fourth-order valence-electron chi connectivity index (χ4n) is 2.44. The number of rotatable bonds is 6. The average molecular weight is 294 g/mol. The number of nitrogens with zero attached hydrogens (tertiary/aromatic N) is 2. The predicted molar refractivity (Wildman–Crippen MR) is 85.0 cm³/mol. The SMILES string of the molecule is CC(C)(C)NCc1ccnc(NCCN2CCCC2)c1F. The van der Waals surface area contributed by atoms with E-state index < -0.39 is 0 Å². The van der Waals surface area contributed by atoms with Crippen LogP contribution >= 0.6 is 0 Å². The number of aromatic nitrogens is 1. The standard InChI is InChI=1S/C16H27FN4/c1-16(2,3)20-12-13-6-7-18-15(14(13)17)19-8-11-21-9-4-5-10-21/h6-7,20H,4-5,8-12H2,1-3H3,(H,18,19). The van der Waals surface area contributed by atoms with Crippen LogP contribution < -0.4 is 10.6 Å². The van der Waals surface area contributed by atoms with E-state index in [1.807, 2.05) is 0 Å². The normalized spacial score (nSPS) is 16.4. The maximum Gasteiger partial charge on any atom is 0.169 e. The van der Waals surface area contributed by atoms with Gasteiger partial charge in [-0.2, -0.15) is 0 Å². The van der Waals surface area contributed by atoms with Gasteiger partial charge in [-0.3, -0.25) is 0 Å². The van der Waals surface area contributed by atoms with E-state index in [4.69, 9.17) is 0 Å². The van der Waals surface area contributed by atoms with E-state index in [0.717, 1.165) is 26.2 Å². The number of likely N-dealkylation sites (tertiary alicyclic amines) is 1. The van der Waals surface area contributed by atoms with Gasteiger partial charge in [0.05, 0.1) is 0 Å². The topological polar surface area (TPSA) is 40.2 Å². The molecule has 0 aromatic carbocycles. The molecular formula is C16H27FN4. The third kappa shape index (κ3) is 5.25. The van der Waals surface area contributed by atoms with Crippen LogP contribution in [-0.4, -0.2) is 41.6 Å². The molecule has 0 spiro atoms. The molecule has 0 saturated carbocycles. The van der Waals surface area contributed by atoms with Gasteiger partial charge in [-0.1, -0.05) is 0 Å². The maximum atomic E-state index is 14.4. The smallest absolute Gasteiger partial charge is 0.169 e. The van der Waals surface area contributed by atoms with Gasteiger partial charge in [0, 0.05) is 36.9 Å². The lowest BCUT2D eigenvalue weighted by atomic mass is 10.1. The van der Waals surface area contributed by atoms with Gasteiger partial charge in [-0.25, -0.2) is 9.37 Å². The molecule has 2 heterocycles. The Kier molecular flexibility index (Phi) is 5.53. The Morgan fingerprint density at radius 3 is 2.67 bits per heavy atom. The minimum Gasteiger partial charge on any atom is -0.366 e. The molecule has 1 aromatic heterocycles. The first kappa shape index (κ1) is 16.2. The van der Waals surface area contributed by atoms with Gasteiger partial charge in [-0.05, 0) is 52.8 Å². The largest absolute Gasteiger partial charge is 0.366 e. The van der Waals surface area contributed by atoms with Crippen LogP contribution in [0.3, 0.4) is 0 Å². The summed E-state index contributed by atoms with van der Waals surface area (Å²) in [5.74, 6) is 0.123. The van der Waals surface area contributed by atoms with Gasteiger partial charge in [0.15, 0.2) is 11.6 Å². The van der Waals surface area contributed by atoms with E-state index in [1.165, 1.54) is 12.8 Å². The van der Waals surface area contributed by atoms with E-state index in [-0.39, 0.29) is 11.4 Å². The second-order valence-electron chi connectivity index (χ2n) is 6.71. The van der Waals surface area contributed by atoms with Crippen LogP contribution in [0.2, 0.25) is 0 Å². The Morgan fingerprint density at radius 2 is 2.00 bits per heavy atom. The van der Waals surface area contributed by atoms with Crippen LogP contribution in [-0.2, 0) is 6.54 Å². The predicted octanol–water partition coefficient (Wildman–Crippen LogP) is 2.62. The first-order valence-corrected chi connectivity index (χ1v) is 7.80. The third-order valence-electron chi connectivity index (χ3n) is 3.70. The second-order valence-corrected chi connectivity index (χ2v) is 6.71. The van der Waals surface area contributed by atoms with E-state index in [1.54, 1.807) is 12.3 Å². The van der Waals surface area contributed by atoms with Gasteiger partial charge in [0.2, 0.25) is 0 Å². The maximum absolute atomic E-state index is 14.4. The minimum absolute atomic E-state index is 0.0287. The average Bonchev–Trinajstić information content (AvgIpc) is 2.91. The van der Waals surface area contributed by atoms with Gasteiger partial charge >= 0.3 is 0 Å². The molecule has 1 fully saturated rings. The molecule has 2 rings (SSSR count). The molecule has 0 radical (unpaired) electrons. The van der Waals surface area contributed by atoms with Gasteiger partial charge in [0.1, 0.15) is 0 Å². The van der Waals surface area contributed by atoms with Crippen LogP contribution in [0.1, 0.15) is 39.2 Å². The third-order valence-corrected chi connectivity index (χ3v) is 3.70. The van der Waals surface area contributed by atoms with Crippen molar-refractivity contribution in [2.45, 2.75) is 45.7 Å². The summed E-state index contributed by atoms with van der Waals surface area (Å²) in [5, 5.41) is 6.43. The zero-order valence-corrected chi connectivity index (χ0v) is 13.4. The highest BCUT2D eigenvalue weighted by molar-refractivity contribution is 5.39. The Hall–Kier alpha value is -1.20. The lowest BCUT2D eigenvalue weighted by Gasteiger charge is -2.21. The fraction of sp³-hybridized carbons (Fsp3) is 0.688. The second kappa shape index (κ2) is 7.18. The summed E-state index contributed by atoms with van der Waals surface area (Å²) in [5.41, 5.74) is 0.627. The molecule has 0 aliphatic carbocycles. The monoisotopic (exact) mass is 294 g/mol. The Morgan fingerprint density at radius 1 is 1.29 bits per heavy atom. The molecule has 0 amide bonds. The summed E-state index contributed by atoms with van der Waals surface area (Å²) >= 11 is 0. The van der Waals surface area contributed by atoms with Crippen molar-refractivity contribution in [2.75, 3.05) is 31.5 Å². The van der Waals surface area contributed by atoms with Crippen molar-refractivity contribution in [3.8, 4) is 0 Å². The minimum atomic E-state index is -0.240. The highest BCUT2D eigenvalue weighted by Crippen LogP contribution is 2.16. The van der Waals surface area contributed by atoms with Gasteiger partial charge < -0.3 is 15.5 Å². The van der Waals surface area contributed by atoms with E-state index >= 15 is 0 Å². The van der Waals surface area contributed by atoms with Crippen molar-refractivity contribution in [3.63, 3.8) is 0 Å². The quantitative estimate of drug-likeness (QED) is 0.846. The first-order chi connectivity index (χ1) is 9.96. The Bertz CT molecular complexity index is 450. The number of hydrogen-bond donors (Lipinski definition) is 2. The molecule has 21 heavy (non-hydrogen) atoms. The fourth-order valence-corrected chi connectivity index (χ4v) is 2.44. The van der Waals surface area contributed by atoms with Crippen LogP contribution in [0.5, 0.6) is 0 Å². The molecule has 1 saturated heterocycles. The van der Waals surface area contributed by atoms with Crippen LogP contribution in [0.25, 0.3) is 0 Å². The van der Waals surface area contributed by atoms with Gasteiger partial charge in [0.25, 0.3) is 0 Å². The van der Waals surface area contributed by atoms with E-state index in [0.29, 0.717) is 17.9 Å². The summed E-state index contributed by atoms with van der Waals surface area (Å²) in [6.45, 7) is 10.7. The molecular weight excluding hydrogens is 267 g/mol. The van der Waals surface area contributed by atoms with Gasteiger partial charge in [-0.15, -0.1) is 0 Å². The number of anilines is 1. The Balaban J connectivity index is 1.87. The first-order valence-electron chi connectivity index (χ1n) is 7.80. The summed E-state index contributed by atoms with van der Waals surface area (Å²) in [6.07, 6.45) is 4.22. The van der Waals surface area contributed by atoms with Crippen molar-refractivity contribution >= 4 is 5.82 Å². The number of nitrogens with one attached hydrogen (secondary N) is 2. The van der Waals surface area contributed by atoms with Crippen LogP contribution in [0, 0.1) is 5.82 Å². The molecule has 118 valence electrons. The van der Waals surface area contributed by atoms with E-state index in [9.17, 15) is 4.39 Å². The summed E-state index contributed by atoms with van der Waals surface area (Å²) in [6, 6.07) is 1.74. The number of halogens is 1. The zero-order chi connectivity index (χ0) is 15.3. The van der Waals surface area contributed by atoms with E-state index in [2.05, 4.69) is 41.3 Å². The molecule has 2 N–H and O–H groups in total. The molecule has 4 nitrogen and oxygen atoms in total. The molecule has 1 aliphatic rings. The van der Waals surface area contributed by atoms with Crippen molar-refractivity contribution in [2.24, 2.45) is 0 Å². The summed E-state index contributed by atoms with van der Waals surface area (Å²) < 4.78 is 14.4. The van der Waals surface area contributed by atoms with Crippen LogP contribution in [0.4, 0.5) is 10.2 Å². The molecule has 0 bridgehead atoms. The molecule has 1 aliphatic heterocycles. The highest BCUT2D eigenvalue weighted by atomic mass is 19.1. The summed E-state index contributed by atoms with van der Waals surface area (Å²) in [7, 11) is 0. The summed E-state index contributed by atoms with van der Waals surface area (Å²) in [4.78, 5) is 6.51. The van der Waals surface area contributed by atoms with Crippen molar-refractivity contribution in [1.82, 2.24) is 15.2 Å². The van der Waals surface area contributed by atoms with Crippen molar-refractivity contribution in [1.29, 1.82) is 0 Å². The molecule has 1 aromatic rings. The molecule has 5 heteroatoms. The number of hydrogen-bond acceptors (Lipinski definition) is 4. The van der Waals surface area contributed by atoms with Crippen LogP contribution in [0.15, 0.2) is 12.3 Å². The van der Waals surface area contributed by atoms with Crippen molar-refractivity contribution in [3.05, 3.63) is 23.6 Å². The Labute approximate surface area is 127 Å². The number of pyridine rings is 1. The lowest BCUT2D eigenvalue weighted by molar-refractivity contribution is 0.352. The van der Waals surface area contributed by atoms with Crippen molar-refractivity contribution < 1.29 is 4.39 Å². The zero-order valence-electron chi connectivity index (χ0n) is 13.4. The molecule has 0 unspecified atom stereocenters. The molecule has 0 atom stereocenters. The lowest BCUT2D eigenvalue weighted by Crippen LogP contribution is -2.35.